The summed E-state index contributed by atoms with van der Waals surface area (Å²) in [5, 5.41) is 3.70. The highest BCUT2D eigenvalue weighted by molar-refractivity contribution is 5.77. The summed E-state index contributed by atoms with van der Waals surface area (Å²) in [5.74, 6) is 1.49. The Labute approximate surface area is 145 Å². The Kier molecular flexibility index (Phi) is 7.32. The van der Waals surface area contributed by atoms with Crippen molar-refractivity contribution in [3.63, 3.8) is 0 Å². The predicted octanol–water partition coefficient (Wildman–Crippen LogP) is 3.55. The highest BCUT2D eigenvalue weighted by Gasteiger charge is 2.17. The molecule has 0 radical (unpaired) electrons. The topological polar surface area (TPSA) is 41.6 Å². The summed E-state index contributed by atoms with van der Waals surface area (Å²) < 4.78 is 5.79. The quantitative estimate of drug-likeness (QED) is 0.741. The van der Waals surface area contributed by atoms with Crippen molar-refractivity contribution in [1.82, 2.24) is 10.2 Å². The molecule has 0 aliphatic heterocycles. The first kappa shape index (κ1) is 18.5. The lowest BCUT2D eigenvalue weighted by Crippen LogP contribution is -2.29. The molecular weight excluding hydrogens is 300 g/mol. The van der Waals surface area contributed by atoms with E-state index in [0.29, 0.717) is 5.92 Å². The number of para-hydroxylation sites is 1. The third kappa shape index (κ3) is 5.38. The summed E-state index contributed by atoms with van der Waals surface area (Å²) in [7, 11) is 3.49. The molecule has 0 saturated heterocycles. The zero-order valence-electron chi connectivity index (χ0n) is 15.1. The van der Waals surface area contributed by atoms with Crippen LogP contribution in [0.1, 0.15) is 44.2 Å². The molecule has 0 saturated carbocycles. The fourth-order valence-corrected chi connectivity index (χ4v) is 2.99. The van der Waals surface area contributed by atoms with Crippen LogP contribution in [-0.4, -0.2) is 38.1 Å². The summed E-state index contributed by atoms with van der Waals surface area (Å²) in [6.45, 7) is 3.28. The van der Waals surface area contributed by atoms with E-state index in [9.17, 15) is 4.79 Å². The van der Waals surface area contributed by atoms with Crippen molar-refractivity contribution in [2.75, 3.05) is 27.2 Å². The monoisotopic (exact) mass is 330 g/mol. The molecule has 1 aromatic rings. The van der Waals surface area contributed by atoms with E-state index in [4.69, 9.17) is 4.74 Å². The molecule has 2 atom stereocenters. The van der Waals surface area contributed by atoms with Crippen LogP contribution in [0.3, 0.4) is 0 Å². The van der Waals surface area contributed by atoms with Crippen LogP contribution in [-0.2, 0) is 4.79 Å². The minimum atomic E-state index is -0.0280. The van der Waals surface area contributed by atoms with Gasteiger partial charge in [-0.3, -0.25) is 4.79 Å². The molecule has 2 rings (SSSR count). The molecule has 0 bridgehead atoms. The van der Waals surface area contributed by atoms with Gasteiger partial charge in [0.2, 0.25) is 0 Å². The fourth-order valence-electron chi connectivity index (χ4n) is 2.99. The molecule has 0 spiro atoms. The number of allylic oxidation sites excluding steroid dienone is 2. The van der Waals surface area contributed by atoms with E-state index in [1.165, 1.54) is 19.3 Å². The van der Waals surface area contributed by atoms with Gasteiger partial charge in [-0.2, -0.15) is 0 Å². The standard InChI is InChI=1S/C20H30N2O2/c1-4-18(21-14-16-10-6-5-7-11-16)17-12-8-9-13-19(17)24-15-20(23)22(2)3/h5-6,8-9,12-13,16,18,21H,4,7,10-11,14-15H2,1-3H3. The van der Waals surface area contributed by atoms with Gasteiger partial charge in [-0.05, 0) is 44.2 Å². The second-order valence-corrected chi connectivity index (χ2v) is 6.63. The van der Waals surface area contributed by atoms with Gasteiger partial charge in [0.1, 0.15) is 5.75 Å². The third-order valence-electron chi connectivity index (χ3n) is 4.58. The van der Waals surface area contributed by atoms with Crippen molar-refractivity contribution in [3.8, 4) is 5.75 Å². The third-order valence-corrected chi connectivity index (χ3v) is 4.58. The Balaban J connectivity index is 1.99. The van der Waals surface area contributed by atoms with Crippen LogP contribution in [0.5, 0.6) is 5.75 Å². The maximum absolute atomic E-state index is 11.8. The van der Waals surface area contributed by atoms with Gasteiger partial charge in [0, 0.05) is 25.7 Å². The molecule has 0 fully saturated rings. The average molecular weight is 330 g/mol. The van der Waals surface area contributed by atoms with Crippen LogP contribution < -0.4 is 10.1 Å². The number of hydrogen-bond acceptors (Lipinski definition) is 3. The SMILES string of the molecule is CCC(NCC1CC=CCC1)c1ccccc1OCC(=O)N(C)C. The molecule has 4 nitrogen and oxygen atoms in total. The summed E-state index contributed by atoms with van der Waals surface area (Å²) >= 11 is 0. The Hall–Kier alpha value is -1.81. The molecule has 0 aromatic heterocycles. The Bertz CT molecular complexity index is 554. The largest absolute Gasteiger partial charge is 0.483 e. The normalized spacial score (nSPS) is 18.2. The molecule has 2 unspecified atom stereocenters. The van der Waals surface area contributed by atoms with Gasteiger partial charge < -0.3 is 15.0 Å². The number of ether oxygens (including phenoxy) is 1. The fraction of sp³-hybridized carbons (Fsp3) is 0.550. The summed E-state index contributed by atoms with van der Waals surface area (Å²) in [4.78, 5) is 13.3. The van der Waals surface area contributed by atoms with Gasteiger partial charge in [0.15, 0.2) is 6.61 Å². The van der Waals surface area contributed by atoms with Crippen LogP contribution in [0, 0.1) is 5.92 Å². The number of nitrogens with zero attached hydrogens (tertiary/aromatic N) is 1. The molecule has 1 aliphatic rings. The van der Waals surface area contributed by atoms with Crippen molar-refractivity contribution in [2.45, 2.75) is 38.6 Å². The Morgan fingerprint density at radius 3 is 2.79 bits per heavy atom. The molecule has 24 heavy (non-hydrogen) atoms. The Morgan fingerprint density at radius 2 is 2.12 bits per heavy atom. The van der Waals surface area contributed by atoms with Gasteiger partial charge in [0.25, 0.3) is 5.91 Å². The number of nitrogens with one attached hydrogen (secondary N) is 1. The second-order valence-electron chi connectivity index (χ2n) is 6.63. The van der Waals surface area contributed by atoms with Crippen LogP contribution in [0.15, 0.2) is 36.4 Å². The Morgan fingerprint density at radius 1 is 1.33 bits per heavy atom. The van der Waals surface area contributed by atoms with Crippen molar-refractivity contribution < 1.29 is 9.53 Å². The lowest BCUT2D eigenvalue weighted by atomic mass is 9.93. The molecule has 1 N–H and O–H groups in total. The van der Waals surface area contributed by atoms with Crippen LogP contribution in [0.4, 0.5) is 0 Å². The number of rotatable bonds is 8. The second kappa shape index (κ2) is 9.48. The highest BCUT2D eigenvalue weighted by Crippen LogP contribution is 2.28. The number of amides is 1. The average Bonchev–Trinajstić information content (AvgIpc) is 2.61. The first-order chi connectivity index (χ1) is 11.6. The minimum absolute atomic E-state index is 0.0280. The lowest BCUT2D eigenvalue weighted by molar-refractivity contribution is -0.130. The van der Waals surface area contributed by atoms with Gasteiger partial charge in [-0.1, -0.05) is 37.3 Å². The molecule has 0 heterocycles. The zero-order valence-corrected chi connectivity index (χ0v) is 15.1. The van der Waals surface area contributed by atoms with Crippen LogP contribution in [0.25, 0.3) is 0 Å². The van der Waals surface area contributed by atoms with Gasteiger partial charge >= 0.3 is 0 Å². The van der Waals surface area contributed by atoms with Crippen LogP contribution >= 0.6 is 0 Å². The molecule has 4 heteroatoms. The van der Waals surface area contributed by atoms with E-state index < -0.39 is 0 Å². The van der Waals surface area contributed by atoms with Gasteiger partial charge in [-0.15, -0.1) is 0 Å². The molecule has 1 amide bonds. The van der Waals surface area contributed by atoms with E-state index in [1.54, 1.807) is 19.0 Å². The van der Waals surface area contributed by atoms with E-state index in [2.05, 4.69) is 30.5 Å². The number of hydrogen-bond donors (Lipinski definition) is 1. The number of carbonyl (C=O) groups is 1. The van der Waals surface area contributed by atoms with Crippen molar-refractivity contribution in [1.29, 1.82) is 0 Å². The summed E-state index contributed by atoms with van der Waals surface area (Å²) in [6, 6.07) is 8.28. The number of carbonyl (C=O) groups excluding carboxylic acids is 1. The van der Waals surface area contributed by atoms with E-state index >= 15 is 0 Å². The van der Waals surface area contributed by atoms with Gasteiger partial charge in [-0.25, -0.2) is 0 Å². The maximum Gasteiger partial charge on any atom is 0.259 e. The van der Waals surface area contributed by atoms with E-state index in [1.807, 2.05) is 18.2 Å². The molecule has 1 aliphatic carbocycles. The van der Waals surface area contributed by atoms with E-state index in [-0.39, 0.29) is 18.6 Å². The minimum Gasteiger partial charge on any atom is -0.483 e. The maximum atomic E-state index is 11.8. The van der Waals surface area contributed by atoms with Crippen LogP contribution in [0.2, 0.25) is 0 Å². The summed E-state index contributed by atoms with van der Waals surface area (Å²) in [5.41, 5.74) is 1.14. The van der Waals surface area contributed by atoms with Crippen molar-refractivity contribution in [3.05, 3.63) is 42.0 Å². The molecule has 1 aromatic carbocycles. The zero-order chi connectivity index (χ0) is 17.4. The predicted molar refractivity (Wildman–Crippen MR) is 98.1 cm³/mol. The first-order valence-corrected chi connectivity index (χ1v) is 8.92. The number of likely N-dealkylation sites (N-methyl/N-ethyl adjacent to an activating group) is 1. The van der Waals surface area contributed by atoms with Crippen molar-refractivity contribution in [2.24, 2.45) is 5.92 Å². The molecular formula is C20H30N2O2. The lowest BCUT2D eigenvalue weighted by Gasteiger charge is -2.25. The highest BCUT2D eigenvalue weighted by atomic mass is 16.5. The van der Waals surface area contributed by atoms with E-state index in [0.717, 1.165) is 24.3 Å². The molecule has 132 valence electrons. The first-order valence-electron chi connectivity index (χ1n) is 8.92. The summed E-state index contributed by atoms with van der Waals surface area (Å²) in [6.07, 6.45) is 9.17. The smallest absolute Gasteiger partial charge is 0.259 e. The number of benzene rings is 1. The van der Waals surface area contributed by atoms with Gasteiger partial charge in [0.05, 0.1) is 0 Å². The van der Waals surface area contributed by atoms with Crippen molar-refractivity contribution >= 4 is 5.91 Å².